The Bertz CT molecular complexity index is 855. The third-order valence-electron chi connectivity index (χ3n) is 3.47. The number of nitrogens with zero attached hydrogens (tertiary/aromatic N) is 2. The number of para-hydroxylation sites is 2. The van der Waals surface area contributed by atoms with Gasteiger partial charge in [-0.3, -0.25) is 9.36 Å². The van der Waals surface area contributed by atoms with E-state index in [9.17, 15) is 4.79 Å². The lowest BCUT2D eigenvalue weighted by Gasteiger charge is -2.14. The Morgan fingerprint density at radius 3 is 2.57 bits per heavy atom. The summed E-state index contributed by atoms with van der Waals surface area (Å²) in [6, 6.07) is 15.4. The van der Waals surface area contributed by atoms with E-state index < -0.39 is 0 Å². The molecule has 21 heavy (non-hydrogen) atoms. The van der Waals surface area contributed by atoms with Crippen LogP contribution in [-0.4, -0.2) is 15.8 Å². The van der Waals surface area contributed by atoms with Crippen molar-refractivity contribution >= 4 is 22.7 Å². The minimum Gasteiger partial charge on any atom is -0.268 e. The van der Waals surface area contributed by atoms with Crippen LogP contribution in [-0.2, 0) is 5.75 Å². The third-order valence-corrected chi connectivity index (χ3v) is 4.02. The number of rotatable bonds is 3. The zero-order chi connectivity index (χ0) is 14.8. The van der Waals surface area contributed by atoms with Crippen molar-refractivity contribution in [1.29, 1.82) is 0 Å². The molecule has 0 aliphatic rings. The van der Waals surface area contributed by atoms with Crippen LogP contribution < -0.4 is 5.56 Å². The number of thioether (sulfide) groups is 1. The Hall–Kier alpha value is -2.07. The molecule has 0 fully saturated rings. The molecule has 1 heterocycles. The van der Waals surface area contributed by atoms with E-state index in [1.165, 1.54) is 0 Å². The van der Waals surface area contributed by atoms with Crippen LogP contribution >= 0.6 is 11.8 Å². The second kappa shape index (κ2) is 5.74. The van der Waals surface area contributed by atoms with Crippen LogP contribution in [0.3, 0.4) is 0 Å². The van der Waals surface area contributed by atoms with Gasteiger partial charge in [0, 0.05) is 0 Å². The zero-order valence-corrected chi connectivity index (χ0v) is 12.9. The topological polar surface area (TPSA) is 34.9 Å². The molecule has 3 rings (SSSR count). The molecule has 106 valence electrons. The number of hydrogen-bond acceptors (Lipinski definition) is 3. The number of aromatic nitrogens is 2. The van der Waals surface area contributed by atoms with Crippen LogP contribution in [0, 0.1) is 6.92 Å². The van der Waals surface area contributed by atoms with Crippen molar-refractivity contribution < 1.29 is 0 Å². The molecular weight excluding hydrogens is 280 g/mol. The minimum absolute atomic E-state index is 0.000972. The van der Waals surface area contributed by atoms with Crippen LogP contribution in [0.5, 0.6) is 0 Å². The molecule has 1 aromatic heterocycles. The maximum Gasteiger partial charge on any atom is 0.265 e. The predicted molar refractivity (Wildman–Crippen MR) is 89.3 cm³/mol. The lowest BCUT2D eigenvalue weighted by molar-refractivity contribution is 0.878. The smallest absolute Gasteiger partial charge is 0.265 e. The largest absolute Gasteiger partial charge is 0.268 e. The van der Waals surface area contributed by atoms with Gasteiger partial charge in [0.2, 0.25) is 0 Å². The number of fused-ring (bicyclic) bond motifs is 1. The van der Waals surface area contributed by atoms with Gasteiger partial charge in [-0.05, 0) is 36.9 Å². The molecule has 0 saturated carbocycles. The molecule has 3 aromatic rings. The van der Waals surface area contributed by atoms with Crippen molar-refractivity contribution in [2.24, 2.45) is 0 Å². The van der Waals surface area contributed by atoms with Gasteiger partial charge in [0.05, 0.1) is 22.3 Å². The monoisotopic (exact) mass is 296 g/mol. The fourth-order valence-corrected chi connectivity index (χ4v) is 2.92. The Morgan fingerprint density at radius 2 is 1.81 bits per heavy atom. The van der Waals surface area contributed by atoms with Crippen molar-refractivity contribution in [1.82, 2.24) is 9.55 Å². The first-order valence-electron chi connectivity index (χ1n) is 6.78. The van der Waals surface area contributed by atoms with Gasteiger partial charge in [-0.25, -0.2) is 4.98 Å². The van der Waals surface area contributed by atoms with E-state index in [2.05, 4.69) is 4.98 Å². The summed E-state index contributed by atoms with van der Waals surface area (Å²) in [4.78, 5) is 17.6. The standard InChI is InChI=1S/C17H16N2OS/c1-12-7-3-6-10-15(12)19-16(11-21-2)18-14-9-5-4-8-13(14)17(19)20/h3-10H,11H2,1-2H3. The molecule has 0 N–H and O–H groups in total. The van der Waals surface area contributed by atoms with E-state index in [1.807, 2.05) is 61.7 Å². The first-order chi connectivity index (χ1) is 10.2. The van der Waals surface area contributed by atoms with E-state index in [0.29, 0.717) is 11.1 Å². The summed E-state index contributed by atoms with van der Waals surface area (Å²) in [5.74, 6) is 1.49. The number of hydrogen-bond donors (Lipinski definition) is 0. The van der Waals surface area contributed by atoms with Crippen LogP contribution in [0.4, 0.5) is 0 Å². The van der Waals surface area contributed by atoms with E-state index in [4.69, 9.17) is 0 Å². The summed E-state index contributed by atoms with van der Waals surface area (Å²) in [6.45, 7) is 2.01. The lowest BCUT2D eigenvalue weighted by Crippen LogP contribution is -2.24. The van der Waals surface area contributed by atoms with Crippen molar-refractivity contribution in [3.63, 3.8) is 0 Å². The average molecular weight is 296 g/mol. The molecule has 0 aliphatic heterocycles. The fourth-order valence-electron chi connectivity index (χ4n) is 2.47. The second-order valence-electron chi connectivity index (χ2n) is 4.91. The molecule has 0 amide bonds. The highest BCUT2D eigenvalue weighted by Gasteiger charge is 2.13. The molecule has 0 spiro atoms. The van der Waals surface area contributed by atoms with Gasteiger partial charge in [-0.15, -0.1) is 0 Å². The van der Waals surface area contributed by atoms with Gasteiger partial charge < -0.3 is 0 Å². The quantitative estimate of drug-likeness (QED) is 0.741. The third kappa shape index (κ3) is 2.47. The summed E-state index contributed by atoms with van der Waals surface area (Å²) >= 11 is 1.66. The summed E-state index contributed by atoms with van der Waals surface area (Å²) in [6.07, 6.45) is 2.02. The molecule has 0 atom stereocenters. The molecular formula is C17H16N2OS. The van der Waals surface area contributed by atoms with E-state index in [0.717, 1.165) is 22.6 Å². The summed E-state index contributed by atoms with van der Waals surface area (Å²) < 4.78 is 1.74. The van der Waals surface area contributed by atoms with Gasteiger partial charge in [0.25, 0.3) is 5.56 Å². The van der Waals surface area contributed by atoms with Gasteiger partial charge in [-0.2, -0.15) is 11.8 Å². The highest BCUT2D eigenvalue weighted by atomic mass is 32.2. The highest BCUT2D eigenvalue weighted by Crippen LogP contribution is 2.18. The first-order valence-corrected chi connectivity index (χ1v) is 8.17. The number of aryl methyl sites for hydroxylation is 1. The first kappa shape index (κ1) is 13.9. The van der Waals surface area contributed by atoms with Gasteiger partial charge in [-0.1, -0.05) is 30.3 Å². The van der Waals surface area contributed by atoms with Crippen LogP contribution in [0.25, 0.3) is 16.6 Å². The lowest BCUT2D eigenvalue weighted by atomic mass is 10.2. The van der Waals surface area contributed by atoms with E-state index in [1.54, 1.807) is 16.3 Å². The molecule has 0 bridgehead atoms. The Balaban J connectivity index is 2.40. The fraction of sp³-hybridized carbons (Fsp3) is 0.176. The molecule has 0 unspecified atom stereocenters. The van der Waals surface area contributed by atoms with E-state index >= 15 is 0 Å². The maximum absolute atomic E-state index is 12.9. The van der Waals surface area contributed by atoms with E-state index in [-0.39, 0.29) is 5.56 Å². The second-order valence-corrected chi connectivity index (χ2v) is 5.77. The average Bonchev–Trinajstić information content (AvgIpc) is 2.49. The Labute approximate surface area is 127 Å². The summed E-state index contributed by atoms with van der Waals surface area (Å²) in [5.41, 5.74) is 2.74. The SMILES string of the molecule is CSCc1nc2ccccc2c(=O)n1-c1ccccc1C. The molecule has 2 aromatic carbocycles. The summed E-state index contributed by atoms with van der Waals surface area (Å²) in [7, 11) is 0. The molecule has 3 nitrogen and oxygen atoms in total. The normalized spacial score (nSPS) is 11.0. The maximum atomic E-state index is 12.9. The van der Waals surface area contributed by atoms with Crippen molar-refractivity contribution in [3.8, 4) is 5.69 Å². The van der Waals surface area contributed by atoms with Crippen LogP contribution in [0.1, 0.15) is 11.4 Å². The predicted octanol–water partition coefficient (Wildman–Crippen LogP) is 3.56. The highest BCUT2D eigenvalue weighted by molar-refractivity contribution is 7.97. The molecule has 0 aliphatic carbocycles. The van der Waals surface area contributed by atoms with Gasteiger partial charge in [0.15, 0.2) is 0 Å². The van der Waals surface area contributed by atoms with Gasteiger partial charge >= 0.3 is 0 Å². The Kier molecular flexibility index (Phi) is 3.80. The Morgan fingerprint density at radius 1 is 1.10 bits per heavy atom. The van der Waals surface area contributed by atoms with Crippen LogP contribution in [0.15, 0.2) is 53.3 Å². The molecule has 0 radical (unpaired) electrons. The number of benzene rings is 2. The van der Waals surface area contributed by atoms with Crippen molar-refractivity contribution in [2.45, 2.75) is 12.7 Å². The minimum atomic E-state index is -0.000972. The van der Waals surface area contributed by atoms with Gasteiger partial charge in [0.1, 0.15) is 5.82 Å². The van der Waals surface area contributed by atoms with Crippen LogP contribution in [0.2, 0.25) is 0 Å². The molecule has 0 saturated heterocycles. The molecule has 4 heteroatoms. The summed E-state index contributed by atoms with van der Waals surface area (Å²) in [5, 5.41) is 0.658. The zero-order valence-electron chi connectivity index (χ0n) is 12.0. The van der Waals surface area contributed by atoms with Crippen molar-refractivity contribution in [3.05, 3.63) is 70.3 Å². The van der Waals surface area contributed by atoms with Crippen molar-refractivity contribution in [2.75, 3.05) is 6.26 Å².